The fraction of sp³-hybridized carbons (Fsp3) is 0.733. The predicted octanol–water partition coefficient (Wildman–Crippen LogP) is 4.80. The van der Waals surface area contributed by atoms with Crippen LogP contribution in [0.25, 0.3) is 0 Å². The van der Waals surface area contributed by atoms with E-state index in [0.717, 1.165) is 5.92 Å². The fourth-order valence-electron chi connectivity index (χ4n) is 2.86. The van der Waals surface area contributed by atoms with Gasteiger partial charge in [0, 0.05) is 11.9 Å². The molecule has 0 saturated heterocycles. The number of hydrogen-bond acceptors (Lipinski definition) is 0. The van der Waals surface area contributed by atoms with Gasteiger partial charge in [-0.05, 0) is 43.2 Å². The second kappa shape index (κ2) is 6.12. The zero-order chi connectivity index (χ0) is 11.2. The Hall–Kier alpha value is -0.720. The molecule has 1 unspecified atom stereocenters. The maximum absolute atomic E-state index is 3.46. The Balaban J connectivity index is 2.05. The van der Waals surface area contributed by atoms with E-state index < -0.39 is 0 Å². The van der Waals surface area contributed by atoms with Crippen LogP contribution in [-0.4, -0.2) is 4.98 Å². The summed E-state index contributed by atoms with van der Waals surface area (Å²) in [5.74, 6) is 0.796. The second-order valence-corrected chi connectivity index (χ2v) is 5.22. The summed E-state index contributed by atoms with van der Waals surface area (Å²) in [6.45, 7) is 2.32. The number of hydrogen-bond donors (Lipinski definition) is 1. The van der Waals surface area contributed by atoms with Gasteiger partial charge in [-0.2, -0.15) is 0 Å². The van der Waals surface area contributed by atoms with Crippen LogP contribution in [-0.2, 0) is 6.42 Å². The predicted molar refractivity (Wildman–Crippen MR) is 69.8 cm³/mol. The van der Waals surface area contributed by atoms with E-state index >= 15 is 0 Å². The van der Waals surface area contributed by atoms with Gasteiger partial charge in [-0.15, -0.1) is 0 Å². The van der Waals surface area contributed by atoms with Crippen LogP contribution in [0.15, 0.2) is 12.3 Å². The van der Waals surface area contributed by atoms with Crippen molar-refractivity contribution < 1.29 is 0 Å². The molecule has 0 radical (unpaired) electrons. The van der Waals surface area contributed by atoms with E-state index in [9.17, 15) is 0 Å². The molecule has 1 aliphatic rings. The molecule has 1 heterocycles. The zero-order valence-electron chi connectivity index (χ0n) is 10.6. The Morgan fingerprint density at radius 3 is 2.69 bits per heavy atom. The van der Waals surface area contributed by atoms with Crippen molar-refractivity contribution >= 4 is 0 Å². The summed E-state index contributed by atoms with van der Waals surface area (Å²) in [6.07, 6.45) is 14.7. The lowest BCUT2D eigenvalue weighted by Crippen LogP contribution is -1.96. The minimum atomic E-state index is 0.796. The Bertz CT molecular complexity index is 300. The van der Waals surface area contributed by atoms with Crippen molar-refractivity contribution in [1.82, 2.24) is 4.98 Å². The summed E-state index contributed by atoms with van der Waals surface area (Å²) in [7, 11) is 0. The summed E-state index contributed by atoms with van der Waals surface area (Å²) in [5.41, 5.74) is 3.01. The van der Waals surface area contributed by atoms with Gasteiger partial charge in [0.1, 0.15) is 0 Å². The van der Waals surface area contributed by atoms with Crippen LogP contribution in [0, 0.1) is 0 Å². The Kier molecular flexibility index (Phi) is 4.50. The third-order valence-electron chi connectivity index (χ3n) is 3.98. The van der Waals surface area contributed by atoms with Gasteiger partial charge in [0.15, 0.2) is 0 Å². The van der Waals surface area contributed by atoms with Crippen LogP contribution in [0.2, 0.25) is 0 Å². The number of aromatic nitrogens is 1. The molecule has 0 amide bonds. The van der Waals surface area contributed by atoms with Gasteiger partial charge < -0.3 is 4.98 Å². The van der Waals surface area contributed by atoms with Crippen LogP contribution in [0.4, 0.5) is 0 Å². The third kappa shape index (κ3) is 3.13. The first-order valence-electron chi connectivity index (χ1n) is 7.07. The highest BCUT2D eigenvalue weighted by Gasteiger charge is 2.11. The molecule has 0 saturated carbocycles. The molecule has 2 bridgehead atoms. The highest BCUT2D eigenvalue weighted by molar-refractivity contribution is 5.21. The summed E-state index contributed by atoms with van der Waals surface area (Å²) < 4.78 is 0. The lowest BCUT2D eigenvalue weighted by Gasteiger charge is -2.13. The molecule has 1 N–H and O–H groups in total. The van der Waals surface area contributed by atoms with Crippen LogP contribution in [0.5, 0.6) is 0 Å². The first kappa shape index (κ1) is 11.8. The molecule has 0 aromatic carbocycles. The lowest BCUT2D eigenvalue weighted by atomic mass is 9.91. The molecule has 0 aliphatic heterocycles. The molecular formula is C15H25N. The summed E-state index contributed by atoms with van der Waals surface area (Å²) in [5, 5.41) is 0. The molecule has 1 aromatic heterocycles. The molecule has 1 aliphatic carbocycles. The van der Waals surface area contributed by atoms with Crippen molar-refractivity contribution in [3.8, 4) is 0 Å². The second-order valence-electron chi connectivity index (χ2n) is 5.22. The van der Waals surface area contributed by atoms with Crippen molar-refractivity contribution in [3.05, 3.63) is 23.5 Å². The lowest BCUT2D eigenvalue weighted by molar-refractivity contribution is 0.524. The molecule has 0 fully saturated rings. The van der Waals surface area contributed by atoms with Crippen LogP contribution in [0.3, 0.4) is 0 Å². The van der Waals surface area contributed by atoms with Crippen LogP contribution >= 0.6 is 0 Å². The maximum Gasteiger partial charge on any atom is 0.0150 e. The minimum Gasteiger partial charge on any atom is -0.365 e. The van der Waals surface area contributed by atoms with Crippen molar-refractivity contribution in [2.75, 3.05) is 0 Å². The van der Waals surface area contributed by atoms with Gasteiger partial charge in [0.05, 0.1) is 0 Å². The average Bonchev–Trinajstić information content (AvgIpc) is 2.74. The van der Waals surface area contributed by atoms with E-state index in [-0.39, 0.29) is 0 Å². The van der Waals surface area contributed by atoms with Gasteiger partial charge in [-0.1, -0.05) is 39.0 Å². The maximum atomic E-state index is 3.46. The van der Waals surface area contributed by atoms with Gasteiger partial charge in [0.2, 0.25) is 0 Å². The number of nitrogens with one attached hydrogen (secondary N) is 1. The molecule has 2 rings (SSSR count). The molecular weight excluding hydrogens is 194 g/mol. The first-order chi connectivity index (χ1) is 7.90. The molecule has 1 heteroatoms. The van der Waals surface area contributed by atoms with Gasteiger partial charge in [0.25, 0.3) is 0 Å². The molecule has 16 heavy (non-hydrogen) atoms. The quantitative estimate of drug-likeness (QED) is 0.698. The number of aryl methyl sites for hydroxylation is 1. The third-order valence-corrected chi connectivity index (χ3v) is 3.98. The summed E-state index contributed by atoms with van der Waals surface area (Å²) in [4.78, 5) is 3.46. The van der Waals surface area contributed by atoms with Crippen LogP contribution in [0.1, 0.15) is 75.5 Å². The topological polar surface area (TPSA) is 15.8 Å². The van der Waals surface area contributed by atoms with Crippen molar-refractivity contribution in [2.24, 2.45) is 0 Å². The highest BCUT2D eigenvalue weighted by Crippen LogP contribution is 2.27. The number of rotatable bonds is 1. The molecule has 1 aromatic rings. The SMILES string of the molecule is CCC1CCCCCCCCc2cc1c[nH]2. The van der Waals surface area contributed by atoms with Crippen molar-refractivity contribution in [1.29, 1.82) is 0 Å². The largest absolute Gasteiger partial charge is 0.365 e. The molecule has 1 nitrogen and oxygen atoms in total. The fourth-order valence-corrected chi connectivity index (χ4v) is 2.86. The molecule has 0 spiro atoms. The smallest absolute Gasteiger partial charge is 0.0150 e. The van der Waals surface area contributed by atoms with E-state index in [1.165, 1.54) is 63.5 Å². The van der Waals surface area contributed by atoms with E-state index in [4.69, 9.17) is 0 Å². The number of fused-ring (bicyclic) bond motifs is 2. The van der Waals surface area contributed by atoms with E-state index in [2.05, 4.69) is 24.2 Å². The van der Waals surface area contributed by atoms with Gasteiger partial charge >= 0.3 is 0 Å². The van der Waals surface area contributed by atoms with Gasteiger partial charge in [-0.3, -0.25) is 0 Å². The molecule has 1 atom stereocenters. The summed E-state index contributed by atoms with van der Waals surface area (Å²) >= 11 is 0. The van der Waals surface area contributed by atoms with Crippen molar-refractivity contribution in [3.63, 3.8) is 0 Å². The average molecular weight is 219 g/mol. The monoisotopic (exact) mass is 219 g/mol. The number of H-pyrrole nitrogens is 1. The Morgan fingerprint density at radius 2 is 1.88 bits per heavy atom. The van der Waals surface area contributed by atoms with Crippen LogP contribution < -0.4 is 0 Å². The van der Waals surface area contributed by atoms with E-state index in [1.807, 2.05) is 0 Å². The van der Waals surface area contributed by atoms with Crippen molar-refractivity contribution in [2.45, 2.75) is 70.6 Å². The van der Waals surface area contributed by atoms with E-state index in [1.54, 1.807) is 5.56 Å². The Morgan fingerprint density at radius 1 is 1.12 bits per heavy atom. The summed E-state index contributed by atoms with van der Waals surface area (Å²) in [6, 6.07) is 2.41. The molecule has 90 valence electrons. The van der Waals surface area contributed by atoms with Gasteiger partial charge in [-0.25, -0.2) is 0 Å². The number of aromatic amines is 1. The minimum absolute atomic E-state index is 0.796. The highest BCUT2D eigenvalue weighted by atomic mass is 14.7. The normalized spacial score (nSPS) is 23.4. The van der Waals surface area contributed by atoms with E-state index in [0.29, 0.717) is 0 Å². The standard InChI is InChI=1S/C15H25N/c1-2-13-9-7-5-3-4-6-8-10-15-11-14(13)12-16-15/h11-13,16H,2-10H2,1H3. The Labute approximate surface area is 99.6 Å². The first-order valence-corrected chi connectivity index (χ1v) is 7.07. The zero-order valence-corrected chi connectivity index (χ0v) is 10.6.